The van der Waals surface area contributed by atoms with Gasteiger partial charge in [-0.15, -0.1) is 11.6 Å². The van der Waals surface area contributed by atoms with Crippen molar-refractivity contribution in [2.45, 2.75) is 38.6 Å². The van der Waals surface area contributed by atoms with Crippen LogP contribution in [0.5, 0.6) is 5.75 Å². The summed E-state index contributed by atoms with van der Waals surface area (Å²) in [6.07, 6.45) is 3.37. The SMILES string of the molecule is CCCCCn1c(CCl)nc2cc(F)c(OC)cc21. The third kappa shape index (κ3) is 2.84. The Morgan fingerprint density at radius 2 is 2.16 bits per heavy atom. The average Bonchev–Trinajstić information content (AvgIpc) is 2.75. The Kier molecular flexibility index (Phi) is 4.64. The summed E-state index contributed by atoms with van der Waals surface area (Å²) in [6.45, 7) is 3.01. The van der Waals surface area contributed by atoms with E-state index in [2.05, 4.69) is 16.5 Å². The van der Waals surface area contributed by atoms with E-state index in [-0.39, 0.29) is 5.75 Å². The van der Waals surface area contributed by atoms with Crippen LogP contribution < -0.4 is 4.74 Å². The summed E-state index contributed by atoms with van der Waals surface area (Å²) >= 11 is 5.92. The molecular formula is C14H18ClFN2O. The molecule has 3 nitrogen and oxygen atoms in total. The summed E-state index contributed by atoms with van der Waals surface area (Å²) in [5.74, 6) is 0.949. The smallest absolute Gasteiger partial charge is 0.167 e. The number of methoxy groups -OCH3 is 1. The number of unbranched alkanes of at least 4 members (excludes halogenated alkanes) is 2. The Morgan fingerprint density at radius 3 is 2.79 bits per heavy atom. The Balaban J connectivity index is 2.45. The number of hydrogen-bond donors (Lipinski definition) is 0. The summed E-state index contributed by atoms with van der Waals surface area (Å²) in [7, 11) is 1.46. The molecule has 1 aromatic heterocycles. The molecule has 2 aromatic rings. The number of halogens is 2. The van der Waals surface area contributed by atoms with Crippen LogP contribution in [0, 0.1) is 5.82 Å². The number of aryl methyl sites for hydroxylation is 1. The van der Waals surface area contributed by atoms with Crippen molar-refractivity contribution < 1.29 is 9.13 Å². The second-order valence-corrected chi connectivity index (χ2v) is 4.76. The minimum absolute atomic E-state index is 0.241. The van der Waals surface area contributed by atoms with Gasteiger partial charge in [0.2, 0.25) is 0 Å². The van der Waals surface area contributed by atoms with Crippen molar-refractivity contribution in [2.24, 2.45) is 0 Å². The third-order valence-electron chi connectivity index (χ3n) is 3.21. The van der Waals surface area contributed by atoms with E-state index in [9.17, 15) is 4.39 Å². The molecule has 0 saturated heterocycles. The maximum Gasteiger partial charge on any atom is 0.167 e. The Bertz CT molecular complexity index is 568. The zero-order valence-corrected chi connectivity index (χ0v) is 12.0. The van der Waals surface area contributed by atoms with Crippen molar-refractivity contribution in [3.63, 3.8) is 0 Å². The number of nitrogens with zero attached hydrogens (tertiary/aromatic N) is 2. The molecule has 0 bridgehead atoms. The Morgan fingerprint density at radius 1 is 1.37 bits per heavy atom. The van der Waals surface area contributed by atoms with Gasteiger partial charge in [0.15, 0.2) is 11.6 Å². The highest BCUT2D eigenvalue weighted by Crippen LogP contribution is 2.26. The lowest BCUT2D eigenvalue weighted by Gasteiger charge is -2.08. The molecule has 0 atom stereocenters. The molecule has 0 saturated carbocycles. The molecule has 5 heteroatoms. The molecule has 19 heavy (non-hydrogen) atoms. The number of aromatic nitrogens is 2. The van der Waals surface area contributed by atoms with E-state index < -0.39 is 5.82 Å². The molecule has 0 fully saturated rings. The lowest BCUT2D eigenvalue weighted by molar-refractivity contribution is 0.387. The lowest BCUT2D eigenvalue weighted by Crippen LogP contribution is -2.02. The Labute approximate surface area is 117 Å². The highest BCUT2D eigenvalue weighted by atomic mass is 35.5. The third-order valence-corrected chi connectivity index (χ3v) is 3.44. The molecule has 0 radical (unpaired) electrons. The molecule has 0 aliphatic carbocycles. The average molecular weight is 285 g/mol. The minimum atomic E-state index is -0.394. The number of fused-ring (bicyclic) bond motifs is 1. The van der Waals surface area contributed by atoms with Crippen LogP contribution in [0.25, 0.3) is 11.0 Å². The van der Waals surface area contributed by atoms with Gasteiger partial charge in [-0.25, -0.2) is 9.37 Å². The van der Waals surface area contributed by atoms with Crippen LogP contribution in [-0.2, 0) is 12.4 Å². The normalized spacial score (nSPS) is 11.2. The van der Waals surface area contributed by atoms with Crippen molar-refractivity contribution in [3.05, 3.63) is 23.8 Å². The molecule has 1 aromatic carbocycles. The van der Waals surface area contributed by atoms with Gasteiger partial charge in [0.05, 0.1) is 24.0 Å². The standard InChI is InChI=1S/C14H18ClFN2O/c1-3-4-5-6-18-12-8-13(19-2)10(16)7-11(12)17-14(18)9-15/h7-8H,3-6,9H2,1-2H3. The summed E-state index contributed by atoms with van der Waals surface area (Å²) in [5.41, 5.74) is 1.51. The van der Waals surface area contributed by atoms with E-state index in [1.54, 1.807) is 6.07 Å². The molecule has 0 spiro atoms. The van der Waals surface area contributed by atoms with Gasteiger partial charge < -0.3 is 9.30 Å². The minimum Gasteiger partial charge on any atom is -0.494 e. The number of imidazole rings is 1. The number of benzene rings is 1. The van der Waals surface area contributed by atoms with Gasteiger partial charge in [-0.05, 0) is 6.42 Å². The van der Waals surface area contributed by atoms with Crippen LogP contribution in [-0.4, -0.2) is 16.7 Å². The highest BCUT2D eigenvalue weighted by Gasteiger charge is 2.13. The zero-order valence-electron chi connectivity index (χ0n) is 11.2. The van der Waals surface area contributed by atoms with Crippen molar-refractivity contribution >= 4 is 22.6 Å². The van der Waals surface area contributed by atoms with E-state index in [4.69, 9.17) is 16.3 Å². The predicted molar refractivity (Wildman–Crippen MR) is 75.3 cm³/mol. The topological polar surface area (TPSA) is 27.1 Å². The van der Waals surface area contributed by atoms with Gasteiger partial charge in [-0.3, -0.25) is 0 Å². The first-order valence-electron chi connectivity index (χ1n) is 6.49. The van der Waals surface area contributed by atoms with E-state index in [1.807, 2.05) is 0 Å². The van der Waals surface area contributed by atoms with E-state index in [0.29, 0.717) is 11.4 Å². The number of ether oxygens (including phenoxy) is 1. The van der Waals surface area contributed by atoms with Gasteiger partial charge in [-0.2, -0.15) is 0 Å². The van der Waals surface area contributed by atoms with E-state index in [0.717, 1.165) is 37.1 Å². The predicted octanol–water partition coefficient (Wildman–Crippen LogP) is 4.11. The highest BCUT2D eigenvalue weighted by molar-refractivity contribution is 6.16. The van der Waals surface area contributed by atoms with Gasteiger partial charge in [0.25, 0.3) is 0 Å². The van der Waals surface area contributed by atoms with Gasteiger partial charge in [-0.1, -0.05) is 19.8 Å². The van der Waals surface area contributed by atoms with Crippen LogP contribution in [0.1, 0.15) is 32.0 Å². The van der Waals surface area contributed by atoms with Crippen LogP contribution in [0.3, 0.4) is 0 Å². The molecule has 0 N–H and O–H groups in total. The first kappa shape index (κ1) is 14.1. The second kappa shape index (κ2) is 6.24. The van der Waals surface area contributed by atoms with Gasteiger partial charge >= 0.3 is 0 Å². The molecule has 2 rings (SSSR count). The van der Waals surface area contributed by atoms with Gasteiger partial charge in [0.1, 0.15) is 5.82 Å². The summed E-state index contributed by atoms with van der Waals surface area (Å²) in [4.78, 5) is 4.38. The van der Waals surface area contributed by atoms with Crippen LogP contribution in [0.15, 0.2) is 12.1 Å². The number of alkyl halides is 1. The molecule has 1 heterocycles. The van der Waals surface area contributed by atoms with Crippen molar-refractivity contribution in [2.75, 3.05) is 7.11 Å². The molecule has 104 valence electrons. The fraction of sp³-hybridized carbons (Fsp3) is 0.500. The summed E-state index contributed by atoms with van der Waals surface area (Å²) in [6, 6.07) is 3.10. The van der Waals surface area contributed by atoms with Crippen molar-refractivity contribution in [3.8, 4) is 5.75 Å². The first-order chi connectivity index (χ1) is 9.21. The fourth-order valence-corrected chi connectivity index (χ4v) is 2.41. The lowest BCUT2D eigenvalue weighted by atomic mass is 10.2. The van der Waals surface area contributed by atoms with E-state index >= 15 is 0 Å². The summed E-state index contributed by atoms with van der Waals surface area (Å²) < 4.78 is 20.7. The second-order valence-electron chi connectivity index (χ2n) is 4.50. The Hall–Kier alpha value is -1.29. The maximum absolute atomic E-state index is 13.7. The van der Waals surface area contributed by atoms with Crippen LogP contribution >= 0.6 is 11.6 Å². The molecule has 0 aliphatic heterocycles. The summed E-state index contributed by atoms with van der Waals surface area (Å²) in [5, 5.41) is 0. The first-order valence-corrected chi connectivity index (χ1v) is 7.03. The van der Waals surface area contributed by atoms with E-state index in [1.165, 1.54) is 13.2 Å². The molecule has 0 amide bonds. The number of rotatable bonds is 6. The molecule has 0 aliphatic rings. The zero-order chi connectivity index (χ0) is 13.8. The van der Waals surface area contributed by atoms with Crippen LogP contribution in [0.2, 0.25) is 0 Å². The van der Waals surface area contributed by atoms with Crippen LogP contribution in [0.4, 0.5) is 4.39 Å². The maximum atomic E-state index is 13.7. The van der Waals surface area contributed by atoms with Gasteiger partial charge in [0, 0.05) is 18.7 Å². The fourth-order valence-electron chi connectivity index (χ4n) is 2.20. The van der Waals surface area contributed by atoms with Crippen molar-refractivity contribution in [1.82, 2.24) is 9.55 Å². The largest absolute Gasteiger partial charge is 0.494 e. The molecular weight excluding hydrogens is 267 g/mol. The quantitative estimate of drug-likeness (QED) is 0.589. The van der Waals surface area contributed by atoms with Crippen molar-refractivity contribution in [1.29, 1.82) is 0 Å². The monoisotopic (exact) mass is 284 g/mol. The number of hydrogen-bond acceptors (Lipinski definition) is 2. The molecule has 0 unspecified atom stereocenters.